The Bertz CT molecular complexity index is 499. The summed E-state index contributed by atoms with van der Waals surface area (Å²) >= 11 is 0. The van der Waals surface area contributed by atoms with E-state index in [1.54, 1.807) is 31.4 Å². The molecule has 1 aliphatic heterocycles. The second kappa shape index (κ2) is 6.18. The van der Waals surface area contributed by atoms with Crippen molar-refractivity contribution in [2.75, 3.05) is 13.7 Å². The molecule has 0 spiro atoms. The number of carbonyl (C=O) groups excluding carboxylic acids is 2. The lowest BCUT2D eigenvalue weighted by Gasteiger charge is -2.12. The quantitative estimate of drug-likeness (QED) is 0.603. The van der Waals surface area contributed by atoms with E-state index in [2.05, 4.69) is 0 Å². The van der Waals surface area contributed by atoms with Gasteiger partial charge in [0.25, 0.3) is 0 Å². The molecule has 0 atom stereocenters. The van der Waals surface area contributed by atoms with E-state index < -0.39 is 0 Å². The Labute approximate surface area is 112 Å². The number of ether oxygens (including phenoxy) is 2. The monoisotopic (exact) mass is 260 g/mol. The van der Waals surface area contributed by atoms with Gasteiger partial charge in [-0.3, -0.25) is 9.59 Å². The number of rotatable bonds is 5. The van der Waals surface area contributed by atoms with E-state index >= 15 is 0 Å². The third kappa shape index (κ3) is 3.44. The molecule has 0 unspecified atom stereocenters. The van der Waals surface area contributed by atoms with Crippen LogP contribution < -0.4 is 4.74 Å². The Morgan fingerprint density at radius 1 is 1.21 bits per heavy atom. The third-order valence-corrected chi connectivity index (χ3v) is 3.03. The number of benzene rings is 1. The average Bonchev–Trinajstić information content (AvgIpc) is 2.48. The molecule has 0 bridgehead atoms. The summed E-state index contributed by atoms with van der Waals surface area (Å²) in [7, 11) is 1.57. The molecular formula is C15H16O4. The van der Waals surface area contributed by atoms with Crippen LogP contribution in [0.4, 0.5) is 0 Å². The van der Waals surface area contributed by atoms with Gasteiger partial charge in [-0.25, -0.2) is 0 Å². The molecule has 1 aromatic rings. The molecule has 0 radical (unpaired) electrons. The summed E-state index contributed by atoms with van der Waals surface area (Å²) in [6, 6.07) is 6.75. The second-order valence-corrected chi connectivity index (χ2v) is 4.37. The zero-order valence-electron chi connectivity index (χ0n) is 10.8. The van der Waals surface area contributed by atoms with Crippen LogP contribution >= 0.6 is 0 Å². The maximum absolute atomic E-state index is 12.0. The zero-order chi connectivity index (χ0) is 13.7. The van der Waals surface area contributed by atoms with Gasteiger partial charge in [0.1, 0.15) is 5.75 Å². The van der Waals surface area contributed by atoms with Crippen LogP contribution in [0.2, 0.25) is 0 Å². The Kier molecular flexibility index (Phi) is 4.34. The molecule has 1 heterocycles. The standard InChI is InChI=1S/C15H16O4/c1-18-13-6-4-11(5-7-13)14(16)9-15(17)12-3-2-8-19-10-12/h4-7,10H,2-3,8-9H2,1H3. The molecule has 100 valence electrons. The maximum atomic E-state index is 12.0. The summed E-state index contributed by atoms with van der Waals surface area (Å²) < 4.78 is 10.1. The molecule has 0 saturated heterocycles. The summed E-state index contributed by atoms with van der Waals surface area (Å²) in [4.78, 5) is 23.9. The molecule has 0 fully saturated rings. The Morgan fingerprint density at radius 2 is 1.95 bits per heavy atom. The van der Waals surface area contributed by atoms with Crippen LogP contribution in [-0.4, -0.2) is 25.3 Å². The van der Waals surface area contributed by atoms with Crippen molar-refractivity contribution < 1.29 is 19.1 Å². The minimum Gasteiger partial charge on any atom is -0.501 e. The number of ketones is 2. The first-order valence-electron chi connectivity index (χ1n) is 6.22. The highest BCUT2D eigenvalue weighted by Crippen LogP contribution is 2.17. The van der Waals surface area contributed by atoms with Gasteiger partial charge in [-0.2, -0.15) is 0 Å². The Morgan fingerprint density at radius 3 is 2.53 bits per heavy atom. The van der Waals surface area contributed by atoms with E-state index in [1.807, 2.05) is 0 Å². The van der Waals surface area contributed by atoms with Gasteiger partial charge in [0.15, 0.2) is 11.6 Å². The van der Waals surface area contributed by atoms with Gasteiger partial charge in [0, 0.05) is 11.1 Å². The molecule has 1 aromatic carbocycles. The van der Waals surface area contributed by atoms with Crippen LogP contribution in [0.1, 0.15) is 29.6 Å². The maximum Gasteiger partial charge on any atom is 0.170 e. The summed E-state index contributed by atoms with van der Waals surface area (Å²) in [5.74, 6) is 0.353. The van der Waals surface area contributed by atoms with Crippen molar-refractivity contribution in [2.24, 2.45) is 0 Å². The third-order valence-electron chi connectivity index (χ3n) is 3.03. The molecule has 0 amide bonds. The molecule has 0 N–H and O–H groups in total. The minimum atomic E-state index is -0.181. The van der Waals surface area contributed by atoms with Gasteiger partial charge in [-0.15, -0.1) is 0 Å². The molecule has 0 saturated carbocycles. The van der Waals surface area contributed by atoms with Crippen molar-refractivity contribution in [1.29, 1.82) is 0 Å². The number of allylic oxidation sites excluding steroid dienone is 1. The minimum absolute atomic E-state index is 0.110. The summed E-state index contributed by atoms with van der Waals surface area (Å²) in [6.07, 6.45) is 2.89. The van der Waals surface area contributed by atoms with Crippen LogP contribution in [0.15, 0.2) is 36.1 Å². The van der Waals surface area contributed by atoms with Gasteiger partial charge in [-0.05, 0) is 37.1 Å². The predicted octanol–water partition coefficient (Wildman–Crippen LogP) is 2.53. The largest absolute Gasteiger partial charge is 0.501 e. The van der Waals surface area contributed by atoms with Crippen molar-refractivity contribution in [2.45, 2.75) is 19.3 Å². The van der Waals surface area contributed by atoms with Crippen molar-refractivity contribution in [3.8, 4) is 5.75 Å². The van der Waals surface area contributed by atoms with Crippen LogP contribution in [0.5, 0.6) is 5.75 Å². The molecule has 4 heteroatoms. The van der Waals surface area contributed by atoms with Crippen LogP contribution in [0, 0.1) is 0 Å². The van der Waals surface area contributed by atoms with E-state index in [-0.39, 0.29) is 18.0 Å². The Hall–Kier alpha value is -2.10. The van der Waals surface area contributed by atoms with Crippen LogP contribution in [0.3, 0.4) is 0 Å². The lowest BCUT2D eigenvalue weighted by molar-refractivity contribution is -0.115. The van der Waals surface area contributed by atoms with Gasteiger partial charge in [0.05, 0.1) is 26.4 Å². The van der Waals surface area contributed by atoms with E-state index in [1.165, 1.54) is 6.26 Å². The smallest absolute Gasteiger partial charge is 0.170 e. The first-order valence-corrected chi connectivity index (χ1v) is 6.22. The van der Waals surface area contributed by atoms with Crippen molar-refractivity contribution >= 4 is 11.6 Å². The van der Waals surface area contributed by atoms with Crippen LogP contribution in [0.25, 0.3) is 0 Å². The zero-order valence-corrected chi connectivity index (χ0v) is 10.8. The lowest BCUT2D eigenvalue weighted by atomic mass is 9.99. The number of Topliss-reactive ketones (excluding diaryl/α,β-unsaturated/α-hetero) is 2. The molecule has 0 aromatic heterocycles. The number of hydrogen-bond donors (Lipinski definition) is 0. The van der Waals surface area contributed by atoms with Crippen LogP contribution in [-0.2, 0) is 9.53 Å². The van der Waals surface area contributed by atoms with E-state index in [0.717, 1.165) is 6.42 Å². The second-order valence-electron chi connectivity index (χ2n) is 4.37. The summed E-state index contributed by atoms with van der Waals surface area (Å²) in [6.45, 7) is 0.642. The highest BCUT2D eigenvalue weighted by atomic mass is 16.5. The molecule has 19 heavy (non-hydrogen) atoms. The lowest BCUT2D eigenvalue weighted by Crippen LogP contribution is -2.13. The fraction of sp³-hybridized carbons (Fsp3) is 0.333. The molecule has 4 nitrogen and oxygen atoms in total. The molecule has 1 aliphatic rings. The molecule has 0 aliphatic carbocycles. The van der Waals surface area contributed by atoms with E-state index in [4.69, 9.17) is 9.47 Å². The van der Waals surface area contributed by atoms with Gasteiger partial charge in [0.2, 0.25) is 0 Å². The van der Waals surface area contributed by atoms with E-state index in [9.17, 15) is 9.59 Å². The predicted molar refractivity (Wildman–Crippen MR) is 70.2 cm³/mol. The SMILES string of the molecule is COc1ccc(C(=O)CC(=O)C2=COCCC2)cc1. The number of hydrogen-bond acceptors (Lipinski definition) is 4. The molecular weight excluding hydrogens is 244 g/mol. The number of methoxy groups -OCH3 is 1. The van der Waals surface area contributed by atoms with Gasteiger partial charge >= 0.3 is 0 Å². The van der Waals surface area contributed by atoms with Crippen molar-refractivity contribution in [3.63, 3.8) is 0 Å². The number of carbonyl (C=O) groups is 2. The van der Waals surface area contributed by atoms with Crippen molar-refractivity contribution in [3.05, 3.63) is 41.7 Å². The highest BCUT2D eigenvalue weighted by molar-refractivity contribution is 6.13. The Balaban J connectivity index is 1.99. The first-order chi connectivity index (χ1) is 9.20. The fourth-order valence-corrected chi connectivity index (χ4v) is 1.91. The summed E-state index contributed by atoms with van der Waals surface area (Å²) in [5.41, 5.74) is 1.12. The topological polar surface area (TPSA) is 52.6 Å². The normalized spacial score (nSPS) is 14.3. The van der Waals surface area contributed by atoms with E-state index in [0.29, 0.717) is 29.9 Å². The fourth-order valence-electron chi connectivity index (χ4n) is 1.91. The van der Waals surface area contributed by atoms with Gasteiger partial charge < -0.3 is 9.47 Å². The first kappa shape index (κ1) is 13.3. The van der Waals surface area contributed by atoms with Gasteiger partial charge in [-0.1, -0.05) is 0 Å². The molecule has 2 rings (SSSR count). The average molecular weight is 260 g/mol. The summed E-state index contributed by atoms with van der Waals surface area (Å²) in [5, 5.41) is 0. The highest BCUT2D eigenvalue weighted by Gasteiger charge is 2.17. The van der Waals surface area contributed by atoms with Crippen molar-refractivity contribution in [1.82, 2.24) is 0 Å².